The van der Waals surface area contributed by atoms with Crippen LogP contribution in [0.2, 0.25) is 5.02 Å². The Morgan fingerprint density at radius 1 is 1.12 bits per heavy atom. The highest BCUT2D eigenvalue weighted by Gasteiger charge is 2.19. The van der Waals surface area contributed by atoms with E-state index in [1.54, 1.807) is 6.07 Å². The number of ether oxygens (including phenoxy) is 1. The van der Waals surface area contributed by atoms with Crippen molar-refractivity contribution in [1.82, 2.24) is 0 Å². The van der Waals surface area contributed by atoms with E-state index in [1.165, 1.54) is 11.3 Å². The quantitative estimate of drug-likeness (QED) is 0.689. The second-order valence-electron chi connectivity index (χ2n) is 5.18. The van der Waals surface area contributed by atoms with Crippen molar-refractivity contribution < 1.29 is 14.3 Å². The molecule has 0 aliphatic rings. The fraction of sp³-hybridized carbons (Fsp3) is 0.111. The number of esters is 1. The van der Waals surface area contributed by atoms with Crippen LogP contribution in [0.1, 0.15) is 15.2 Å². The highest BCUT2D eigenvalue weighted by atomic mass is 35.5. The zero-order valence-electron chi connectivity index (χ0n) is 12.8. The maximum atomic E-state index is 12.2. The Hall–Kier alpha value is -2.37. The molecule has 122 valence electrons. The molecule has 1 N–H and O–H groups in total. The summed E-state index contributed by atoms with van der Waals surface area (Å²) in [5.74, 6) is -0.990. The Labute approximate surface area is 148 Å². The van der Waals surface area contributed by atoms with Crippen LogP contribution >= 0.6 is 22.9 Å². The van der Waals surface area contributed by atoms with Crippen molar-refractivity contribution in [2.45, 2.75) is 6.92 Å². The number of halogens is 1. The number of anilines is 1. The summed E-state index contributed by atoms with van der Waals surface area (Å²) < 4.78 is 5.99. The fourth-order valence-electron chi connectivity index (χ4n) is 2.24. The molecular formula is C18H14ClNO3S. The molecule has 3 aromatic rings. The number of amides is 1. The van der Waals surface area contributed by atoms with Crippen LogP contribution in [0, 0.1) is 6.92 Å². The van der Waals surface area contributed by atoms with E-state index in [-0.39, 0.29) is 6.61 Å². The summed E-state index contributed by atoms with van der Waals surface area (Å²) in [7, 11) is 0. The number of hydrogen-bond donors (Lipinski definition) is 1. The van der Waals surface area contributed by atoms with E-state index >= 15 is 0 Å². The maximum absolute atomic E-state index is 12.2. The molecule has 24 heavy (non-hydrogen) atoms. The van der Waals surface area contributed by atoms with Gasteiger partial charge in [-0.1, -0.05) is 48.0 Å². The van der Waals surface area contributed by atoms with Crippen molar-refractivity contribution >= 4 is 50.6 Å². The highest BCUT2D eigenvalue weighted by Crippen LogP contribution is 2.35. The molecule has 0 atom stereocenters. The van der Waals surface area contributed by atoms with Gasteiger partial charge in [-0.25, -0.2) is 4.79 Å². The summed E-state index contributed by atoms with van der Waals surface area (Å²) in [6, 6.07) is 14.8. The lowest BCUT2D eigenvalue weighted by atomic mass is 10.2. The third-order valence-electron chi connectivity index (χ3n) is 3.47. The number of rotatable bonds is 4. The summed E-state index contributed by atoms with van der Waals surface area (Å²) in [5, 5.41) is 3.88. The number of benzene rings is 2. The number of thiophene rings is 1. The Balaban J connectivity index is 1.65. The third kappa shape index (κ3) is 3.42. The van der Waals surface area contributed by atoms with Gasteiger partial charge in [0.2, 0.25) is 0 Å². The first-order valence-corrected chi connectivity index (χ1v) is 8.45. The van der Waals surface area contributed by atoms with Crippen molar-refractivity contribution in [3.8, 4) is 0 Å². The molecule has 0 bridgehead atoms. The highest BCUT2D eigenvalue weighted by molar-refractivity contribution is 7.21. The van der Waals surface area contributed by atoms with Gasteiger partial charge < -0.3 is 10.1 Å². The minimum Gasteiger partial charge on any atom is -0.451 e. The minimum absolute atomic E-state index is 0.307. The van der Waals surface area contributed by atoms with E-state index in [1.807, 2.05) is 49.4 Å². The van der Waals surface area contributed by atoms with Crippen LogP contribution in [0.15, 0.2) is 48.5 Å². The van der Waals surface area contributed by atoms with Gasteiger partial charge in [0, 0.05) is 15.8 Å². The largest absolute Gasteiger partial charge is 0.451 e. The molecule has 6 heteroatoms. The summed E-state index contributed by atoms with van der Waals surface area (Å²) in [6.45, 7) is 1.52. The van der Waals surface area contributed by atoms with Gasteiger partial charge in [0.15, 0.2) is 6.61 Å². The number of aryl methyl sites for hydroxylation is 1. The Bertz CT molecular complexity index is 920. The zero-order valence-corrected chi connectivity index (χ0v) is 14.4. The lowest BCUT2D eigenvalue weighted by Crippen LogP contribution is -2.21. The van der Waals surface area contributed by atoms with E-state index in [2.05, 4.69) is 5.32 Å². The summed E-state index contributed by atoms with van der Waals surface area (Å²) in [5.41, 5.74) is 1.63. The number of para-hydroxylation sites is 1. The van der Waals surface area contributed by atoms with Crippen molar-refractivity contribution in [1.29, 1.82) is 0 Å². The smallest absolute Gasteiger partial charge is 0.350 e. The predicted molar refractivity (Wildman–Crippen MR) is 96.9 cm³/mol. The van der Waals surface area contributed by atoms with Crippen molar-refractivity contribution in [2.75, 3.05) is 11.9 Å². The van der Waals surface area contributed by atoms with Crippen LogP contribution in [0.3, 0.4) is 0 Å². The molecule has 0 aliphatic heterocycles. The number of carbonyl (C=O) groups excluding carboxylic acids is 2. The topological polar surface area (TPSA) is 55.4 Å². The average molecular weight is 360 g/mol. The summed E-state index contributed by atoms with van der Waals surface area (Å²) in [6.07, 6.45) is 0. The number of fused-ring (bicyclic) bond motifs is 1. The van der Waals surface area contributed by atoms with Gasteiger partial charge in [-0.05, 0) is 24.6 Å². The van der Waals surface area contributed by atoms with Gasteiger partial charge in [0.1, 0.15) is 4.88 Å². The predicted octanol–water partition coefficient (Wildman–Crippen LogP) is 4.66. The molecule has 3 rings (SSSR count). The van der Waals surface area contributed by atoms with E-state index in [0.717, 1.165) is 15.6 Å². The van der Waals surface area contributed by atoms with Crippen molar-refractivity contribution in [3.05, 3.63) is 64.0 Å². The van der Waals surface area contributed by atoms with Crippen LogP contribution in [0.25, 0.3) is 10.1 Å². The monoisotopic (exact) mass is 359 g/mol. The first kappa shape index (κ1) is 16.5. The molecular weight excluding hydrogens is 346 g/mol. The van der Waals surface area contributed by atoms with Crippen molar-refractivity contribution in [3.63, 3.8) is 0 Å². The molecule has 1 aromatic heterocycles. The van der Waals surface area contributed by atoms with Gasteiger partial charge in [-0.3, -0.25) is 4.79 Å². The minimum atomic E-state index is -0.596. The summed E-state index contributed by atoms with van der Waals surface area (Å²) in [4.78, 5) is 24.4. The van der Waals surface area contributed by atoms with Gasteiger partial charge in [-0.15, -0.1) is 11.3 Å². The van der Waals surface area contributed by atoms with E-state index in [4.69, 9.17) is 16.3 Å². The molecule has 1 heterocycles. The van der Waals surface area contributed by atoms with Gasteiger partial charge in [-0.2, -0.15) is 0 Å². The van der Waals surface area contributed by atoms with Crippen LogP contribution in [0.4, 0.5) is 5.69 Å². The zero-order chi connectivity index (χ0) is 17.1. The lowest BCUT2D eigenvalue weighted by molar-refractivity contribution is -0.119. The normalized spacial score (nSPS) is 10.6. The standard InChI is InChI=1S/C18H14ClNO3S/c1-11-6-2-4-8-13(11)20-15(21)10-23-18(22)17-16(19)12-7-3-5-9-14(12)24-17/h2-9H,10H2,1H3,(H,20,21). The van der Waals surface area contributed by atoms with Crippen LogP contribution in [0.5, 0.6) is 0 Å². The van der Waals surface area contributed by atoms with Crippen LogP contribution < -0.4 is 5.32 Å². The molecule has 0 aliphatic carbocycles. The number of carbonyl (C=O) groups is 2. The molecule has 0 unspecified atom stereocenters. The molecule has 0 spiro atoms. The van der Waals surface area contributed by atoms with Gasteiger partial charge in [0.25, 0.3) is 5.91 Å². The van der Waals surface area contributed by atoms with Gasteiger partial charge in [0.05, 0.1) is 5.02 Å². The SMILES string of the molecule is Cc1ccccc1NC(=O)COC(=O)c1sc2ccccc2c1Cl. The maximum Gasteiger partial charge on any atom is 0.350 e. The Morgan fingerprint density at radius 2 is 1.83 bits per heavy atom. The molecule has 0 fully saturated rings. The second kappa shape index (κ2) is 7.03. The van der Waals surface area contributed by atoms with Crippen LogP contribution in [-0.2, 0) is 9.53 Å². The molecule has 0 saturated carbocycles. The lowest BCUT2D eigenvalue weighted by Gasteiger charge is -2.08. The van der Waals surface area contributed by atoms with Crippen molar-refractivity contribution in [2.24, 2.45) is 0 Å². The number of nitrogens with one attached hydrogen (secondary N) is 1. The Kier molecular flexibility index (Phi) is 4.83. The first-order chi connectivity index (χ1) is 11.6. The molecule has 4 nitrogen and oxygen atoms in total. The Morgan fingerprint density at radius 3 is 2.58 bits per heavy atom. The first-order valence-electron chi connectivity index (χ1n) is 7.26. The summed E-state index contributed by atoms with van der Waals surface area (Å²) >= 11 is 7.48. The number of hydrogen-bond acceptors (Lipinski definition) is 4. The van der Waals surface area contributed by atoms with Gasteiger partial charge >= 0.3 is 5.97 Å². The molecule has 0 radical (unpaired) electrons. The second-order valence-corrected chi connectivity index (χ2v) is 6.61. The average Bonchev–Trinajstić information content (AvgIpc) is 2.92. The van der Waals surface area contributed by atoms with Crippen LogP contribution in [-0.4, -0.2) is 18.5 Å². The third-order valence-corrected chi connectivity index (χ3v) is 5.13. The van der Waals surface area contributed by atoms with E-state index in [0.29, 0.717) is 15.6 Å². The van der Waals surface area contributed by atoms with E-state index < -0.39 is 11.9 Å². The fourth-order valence-corrected chi connectivity index (χ4v) is 3.64. The molecule has 0 saturated heterocycles. The molecule has 2 aromatic carbocycles. The molecule has 1 amide bonds. The van der Waals surface area contributed by atoms with E-state index in [9.17, 15) is 9.59 Å².